The van der Waals surface area contributed by atoms with Gasteiger partial charge in [-0.15, -0.1) is 0 Å². The van der Waals surface area contributed by atoms with Gasteiger partial charge in [-0.05, 0) is 54.6 Å². The van der Waals surface area contributed by atoms with E-state index in [1.807, 2.05) is 12.5 Å². The van der Waals surface area contributed by atoms with Gasteiger partial charge in [0.2, 0.25) is 17.7 Å². The van der Waals surface area contributed by atoms with Gasteiger partial charge in [0.25, 0.3) is 0 Å². The second kappa shape index (κ2) is 16.7. The van der Waals surface area contributed by atoms with Crippen LogP contribution in [0.25, 0.3) is 0 Å². The second-order valence-corrected chi connectivity index (χ2v) is 10.8. The van der Waals surface area contributed by atoms with Crippen LogP contribution >= 0.6 is 23.5 Å². The van der Waals surface area contributed by atoms with Crippen LogP contribution in [0.15, 0.2) is 36.8 Å². The lowest BCUT2D eigenvalue weighted by Gasteiger charge is -2.25. The number of hydrogen-bond donors (Lipinski definition) is 7. The molecule has 2 aromatic rings. The number of thioether (sulfide) groups is 2. The average Bonchev–Trinajstić information content (AvgIpc) is 3.42. The number of aromatic nitrogens is 2. The van der Waals surface area contributed by atoms with E-state index >= 15 is 0 Å². The van der Waals surface area contributed by atoms with Crippen LogP contribution < -0.4 is 21.7 Å². The summed E-state index contributed by atoms with van der Waals surface area (Å²) in [6.45, 7) is 0. The summed E-state index contributed by atoms with van der Waals surface area (Å²) in [7, 11) is 0. The summed E-state index contributed by atoms with van der Waals surface area (Å²) in [4.78, 5) is 57.8. The van der Waals surface area contributed by atoms with E-state index in [9.17, 15) is 29.4 Å². The summed E-state index contributed by atoms with van der Waals surface area (Å²) in [5, 5.41) is 27.2. The molecule has 214 valence electrons. The first-order valence-electron chi connectivity index (χ1n) is 12.3. The molecule has 3 amide bonds. The highest BCUT2D eigenvalue weighted by Gasteiger charge is 2.30. The number of amides is 3. The van der Waals surface area contributed by atoms with Gasteiger partial charge in [-0.3, -0.25) is 14.4 Å². The lowest BCUT2D eigenvalue weighted by atomic mass is 10.0. The van der Waals surface area contributed by atoms with Gasteiger partial charge in [-0.25, -0.2) is 9.78 Å². The molecule has 0 aliphatic carbocycles. The molecule has 8 N–H and O–H groups in total. The van der Waals surface area contributed by atoms with Crippen molar-refractivity contribution in [1.29, 1.82) is 0 Å². The Morgan fingerprint density at radius 3 is 2.08 bits per heavy atom. The third kappa shape index (κ3) is 11.2. The number of rotatable bonds is 17. The van der Waals surface area contributed by atoms with Gasteiger partial charge in [0, 0.05) is 24.7 Å². The zero-order valence-corrected chi connectivity index (χ0v) is 23.5. The average molecular weight is 581 g/mol. The summed E-state index contributed by atoms with van der Waals surface area (Å²) in [5.74, 6) is -1.73. The fourth-order valence-electron chi connectivity index (χ4n) is 3.60. The maximum absolute atomic E-state index is 13.3. The van der Waals surface area contributed by atoms with E-state index in [4.69, 9.17) is 5.73 Å². The smallest absolute Gasteiger partial charge is 0.326 e. The Bertz CT molecular complexity index is 1070. The van der Waals surface area contributed by atoms with Gasteiger partial charge >= 0.3 is 5.97 Å². The first-order chi connectivity index (χ1) is 18.6. The van der Waals surface area contributed by atoms with E-state index < -0.39 is 47.9 Å². The van der Waals surface area contributed by atoms with Gasteiger partial charge in [0.05, 0.1) is 12.4 Å². The molecule has 2 rings (SSSR count). The van der Waals surface area contributed by atoms with Gasteiger partial charge in [0.1, 0.15) is 23.9 Å². The number of carboxylic acid groups (broad SMARTS) is 1. The van der Waals surface area contributed by atoms with Crippen molar-refractivity contribution < 1.29 is 29.4 Å². The van der Waals surface area contributed by atoms with Gasteiger partial charge in [-0.1, -0.05) is 12.1 Å². The topological polar surface area (TPSA) is 200 Å². The maximum Gasteiger partial charge on any atom is 0.326 e. The van der Waals surface area contributed by atoms with E-state index in [-0.39, 0.29) is 18.6 Å². The zero-order valence-electron chi connectivity index (χ0n) is 21.9. The molecule has 0 bridgehead atoms. The minimum atomic E-state index is -1.28. The van der Waals surface area contributed by atoms with Crippen molar-refractivity contribution >= 4 is 47.2 Å². The van der Waals surface area contributed by atoms with Gasteiger partial charge in [-0.2, -0.15) is 23.5 Å². The molecule has 0 saturated carbocycles. The van der Waals surface area contributed by atoms with Crippen LogP contribution in [-0.4, -0.2) is 92.1 Å². The highest BCUT2D eigenvalue weighted by molar-refractivity contribution is 7.98. The number of aromatic amines is 1. The Labute approximate surface area is 235 Å². The number of carbonyl (C=O) groups excluding carboxylic acids is 3. The molecule has 39 heavy (non-hydrogen) atoms. The number of aromatic hydroxyl groups is 1. The number of nitrogens with two attached hydrogens (primary N) is 1. The highest BCUT2D eigenvalue weighted by atomic mass is 32.2. The Balaban J connectivity index is 2.22. The number of hydrogen-bond acceptors (Lipinski definition) is 9. The first kappa shape index (κ1) is 32.0. The molecule has 1 heterocycles. The summed E-state index contributed by atoms with van der Waals surface area (Å²) in [5.41, 5.74) is 7.11. The number of imidazole rings is 1. The number of phenolic OH excluding ortho intramolecular Hbond substituents is 1. The second-order valence-electron chi connectivity index (χ2n) is 8.84. The van der Waals surface area contributed by atoms with E-state index in [0.29, 0.717) is 35.6 Å². The molecule has 1 aromatic carbocycles. The van der Waals surface area contributed by atoms with Gasteiger partial charge < -0.3 is 36.9 Å². The van der Waals surface area contributed by atoms with Crippen LogP contribution in [0.1, 0.15) is 24.1 Å². The standard InChI is InChI=1S/C25H36N6O6S2/c1-38-9-7-18(26)22(33)29-19(8-10-39-2)23(34)30-20(11-15-3-5-17(32)6-4-15)24(35)31-21(25(36)37)12-16-13-27-14-28-16/h3-6,13-14,18-21,32H,7-12,26H2,1-2H3,(H,27,28)(H,29,33)(H,30,34)(H,31,35)(H,36,37). The number of benzene rings is 1. The number of H-pyrrole nitrogens is 1. The summed E-state index contributed by atoms with van der Waals surface area (Å²) < 4.78 is 0. The summed E-state index contributed by atoms with van der Waals surface area (Å²) in [6.07, 6.45) is 7.37. The molecule has 4 unspecified atom stereocenters. The van der Waals surface area contributed by atoms with E-state index in [1.54, 1.807) is 23.9 Å². The monoisotopic (exact) mass is 580 g/mol. The normalized spacial score (nSPS) is 14.0. The first-order valence-corrected chi connectivity index (χ1v) is 15.1. The number of nitrogens with zero attached hydrogens (tertiary/aromatic N) is 1. The van der Waals surface area contributed by atoms with Gasteiger partial charge in [0.15, 0.2) is 0 Å². The molecule has 0 aliphatic rings. The summed E-state index contributed by atoms with van der Waals surface area (Å²) in [6, 6.07) is 1.92. The zero-order chi connectivity index (χ0) is 28.8. The molecular weight excluding hydrogens is 544 g/mol. The predicted molar refractivity (Wildman–Crippen MR) is 152 cm³/mol. The lowest BCUT2D eigenvalue weighted by Crippen LogP contribution is -2.58. The molecule has 14 heteroatoms. The number of nitrogens with one attached hydrogen (secondary N) is 4. The van der Waals surface area contributed by atoms with Crippen molar-refractivity contribution in [2.75, 3.05) is 24.0 Å². The van der Waals surface area contributed by atoms with Crippen LogP contribution in [0.3, 0.4) is 0 Å². The third-order valence-corrected chi connectivity index (χ3v) is 7.10. The van der Waals surface area contributed by atoms with E-state index in [0.717, 1.165) is 0 Å². The summed E-state index contributed by atoms with van der Waals surface area (Å²) >= 11 is 3.05. The molecule has 0 spiro atoms. The predicted octanol–water partition coefficient (Wildman–Crippen LogP) is 0.273. The Kier molecular flexibility index (Phi) is 13.7. The van der Waals surface area contributed by atoms with E-state index in [2.05, 4.69) is 25.9 Å². The molecule has 12 nitrogen and oxygen atoms in total. The van der Waals surface area contributed by atoms with E-state index in [1.165, 1.54) is 36.4 Å². The molecule has 0 radical (unpaired) electrons. The van der Waals surface area contributed by atoms with Crippen LogP contribution in [0, 0.1) is 0 Å². The largest absolute Gasteiger partial charge is 0.508 e. The number of carbonyl (C=O) groups is 4. The van der Waals surface area contributed by atoms with Crippen LogP contribution in [0.5, 0.6) is 5.75 Å². The van der Waals surface area contributed by atoms with Crippen molar-refractivity contribution in [3.05, 3.63) is 48.0 Å². The minimum Gasteiger partial charge on any atom is -0.508 e. The maximum atomic E-state index is 13.3. The van der Waals surface area contributed by atoms with Crippen molar-refractivity contribution in [3.8, 4) is 5.75 Å². The number of phenols is 1. The minimum absolute atomic E-state index is 0.0185. The Morgan fingerprint density at radius 1 is 0.897 bits per heavy atom. The molecule has 0 fully saturated rings. The SMILES string of the molecule is CSCCC(N)C(=O)NC(CCSC)C(=O)NC(Cc1ccc(O)cc1)C(=O)NC(Cc1cnc[nH]1)C(=O)O. The van der Waals surface area contributed by atoms with Crippen molar-refractivity contribution in [2.24, 2.45) is 5.73 Å². The highest BCUT2D eigenvalue weighted by Crippen LogP contribution is 2.13. The molecule has 4 atom stereocenters. The van der Waals surface area contributed by atoms with Crippen molar-refractivity contribution in [3.63, 3.8) is 0 Å². The lowest BCUT2D eigenvalue weighted by molar-refractivity contribution is -0.142. The number of aliphatic carboxylic acids is 1. The molecule has 0 aliphatic heterocycles. The van der Waals surface area contributed by atoms with Crippen LogP contribution in [-0.2, 0) is 32.0 Å². The van der Waals surface area contributed by atoms with Crippen LogP contribution in [0.2, 0.25) is 0 Å². The van der Waals surface area contributed by atoms with Crippen molar-refractivity contribution in [2.45, 2.75) is 49.9 Å². The fraction of sp³-hybridized carbons (Fsp3) is 0.480. The van der Waals surface area contributed by atoms with Crippen LogP contribution in [0.4, 0.5) is 0 Å². The molecule has 1 aromatic heterocycles. The Hall–Kier alpha value is -3.23. The van der Waals surface area contributed by atoms with Crippen molar-refractivity contribution in [1.82, 2.24) is 25.9 Å². The Morgan fingerprint density at radius 2 is 1.49 bits per heavy atom. The molecular formula is C25H36N6O6S2. The third-order valence-electron chi connectivity index (χ3n) is 5.82. The molecule has 0 saturated heterocycles. The quantitative estimate of drug-likeness (QED) is 0.136. The number of carboxylic acids is 1. The fourth-order valence-corrected chi connectivity index (χ4v) is 4.56.